The second kappa shape index (κ2) is 6.37. The molecule has 0 aliphatic carbocycles. The van der Waals surface area contributed by atoms with Crippen LogP contribution in [0.3, 0.4) is 0 Å². The van der Waals surface area contributed by atoms with Gasteiger partial charge in [-0.05, 0) is 31.0 Å². The van der Waals surface area contributed by atoms with Crippen LogP contribution in [-0.2, 0) is 19.4 Å². The molecule has 0 fully saturated rings. The molecular formula is C15H18ClFN2O. The molecule has 0 aliphatic heterocycles. The largest absolute Gasteiger partial charge is 0.386 e. The molecule has 2 aromatic rings. The molecule has 1 aromatic heterocycles. The molecule has 3 nitrogen and oxygen atoms in total. The predicted molar refractivity (Wildman–Crippen MR) is 77.4 cm³/mol. The number of aryl methyl sites for hydroxylation is 2. The molecule has 2 rings (SSSR count). The zero-order chi connectivity index (χ0) is 14.7. The molecule has 0 saturated carbocycles. The molecule has 20 heavy (non-hydrogen) atoms. The lowest BCUT2D eigenvalue weighted by molar-refractivity contribution is 0.167. The second-order valence-corrected chi connectivity index (χ2v) is 5.04. The van der Waals surface area contributed by atoms with Crippen LogP contribution < -0.4 is 0 Å². The Balaban J connectivity index is 2.25. The minimum absolute atomic E-state index is 0.0739. The Kier molecular flexibility index (Phi) is 4.78. The standard InChI is InChI=1S/C15H18ClFN2O/c1-3-11-9-13(19(4-2)18-11)14(20)8-10-6-5-7-12(17)15(10)16/h5-7,9,14,20H,3-4,8H2,1-2H3. The Morgan fingerprint density at radius 3 is 2.80 bits per heavy atom. The summed E-state index contributed by atoms with van der Waals surface area (Å²) in [4.78, 5) is 0. The molecule has 0 spiro atoms. The normalized spacial score (nSPS) is 12.7. The lowest BCUT2D eigenvalue weighted by atomic mass is 10.0. The fourth-order valence-corrected chi connectivity index (χ4v) is 2.40. The Morgan fingerprint density at radius 1 is 1.40 bits per heavy atom. The van der Waals surface area contributed by atoms with Gasteiger partial charge in [0.05, 0.1) is 22.5 Å². The number of rotatable bonds is 5. The van der Waals surface area contributed by atoms with E-state index in [-0.39, 0.29) is 11.4 Å². The topological polar surface area (TPSA) is 38.0 Å². The highest BCUT2D eigenvalue weighted by Crippen LogP contribution is 2.26. The van der Waals surface area contributed by atoms with Crippen LogP contribution in [-0.4, -0.2) is 14.9 Å². The van der Waals surface area contributed by atoms with Crippen molar-refractivity contribution >= 4 is 11.6 Å². The molecular weight excluding hydrogens is 279 g/mol. The van der Waals surface area contributed by atoms with Gasteiger partial charge in [0.15, 0.2) is 0 Å². The smallest absolute Gasteiger partial charge is 0.142 e. The van der Waals surface area contributed by atoms with Gasteiger partial charge in [-0.25, -0.2) is 4.39 Å². The van der Waals surface area contributed by atoms with Gasteiger partial charge < -0.3 is 5.11 Å². The maximum Gasteiger partial charge on any atom is 0.142 e. The van der Waals surface area contributed by atoms with Crippen LogP contribution in [0.4, 0.5) is 4.39 Å². The zero-order valence-electron chi connectivity index (χ0n) is 11.6. The van der Waals surface area contributed by atoms with Crippen LogP contribution in [0.2, 0.25) is 5.02 Å². The molecule has 1 aromatic carbocycles. The van der Waals surface area contributed by atoms with Crippen LogP contribution >= 0.6 is 11.6 Å². The number of nitrogens with zero attached hydrogens (tertiary/aromatic N) is 2. The van der Waals surface area contributed by atoms with E-state index in [1.54, 1.807) is 16.8 Å². The average Bonchev–Trinajstić information content (AvgIpc) is 2.87. The minimum Gasteiger partial charge on any atom is -0.386 e. The quantitative estimate of drug-likeness (QED) is 0.916. The van der Waals surface area contributed by atoms with Gasteiger partial charge >= 0.3 is 0 Å². The Morgan fingerprint density at radius 2 is 2.15 bits per heavy atom. The van der Waals surface area contributed by atoms with Crippen molar-refractivity contribution in [2.75, 3.05) is 0 Å². The summed E-state index contributed by atoms with van der Waals surface area (Å²) in [6.07, 6.45) is 0.334. The Labute approximate surface area is 123 Å². The van der Waals surface area contributed by atoms with Gasteiger partial charge in [-0.1, -0.05) is 30.7 Å². The van der Waals surface area contributed by atoms with Crippen molar-refractivity contribution in [3.63, 3.8) is 0 Å². The third kappa shape index (κ3) is 3.02. The number of aliphatic hydroxyl groups is 1. The summed E-state index contributed by atoms with van der Waals surface area (Å²) in [6.45, 7) is 4.67. The van der Waals surface area contributed by atoms with E-state index in [9.17, 15) is 9.50 Å². The number of aliphatic hydroxyl groups excluding tert-OH is 1. The number of aromatic nitrogens is 2. The summed E-state index contributed by atoms with van der Waals surface area (Å²) in [5, 5.41) is 14.8. The molecule has 1 atom stereocenters. The summed E-state index contributed by atoms with van der Waals surface area (Å²) in [5.41, 5.74) is 2.27. The van der Waals surface area contributed by atoms with E-state index in [1.165, 1.54) is 6.07 Å². The maximum absolute atomic E-state index is 13.4. The highest BCUT2D eigenvalue weighted by Gasteiger charge is 2.17. The van der Waals surface area contributed by atoms with Gasteiger partial charge in [-0.3, -0.25) is 4.68 Å². The number of benzene rings is 1. The first-order valence-electron chi connectivity index (χ1n) is 6.74. The average molecular weight is 297 g/mol. The predicted octanol–water partition coefficient (Wildman–Crippen LogP) is 3.53. The SMILES string of the molecule is CCc1cc(C(O)Cc2cccc(F)c2Cl)n(CC)n1. The summed E-state index contributed by atoms with van der Waals surface area (Å²) >= 11 is 5.92. The fourth-order valence-electron chi connectivity index (χ4n) is 2.20. The van der Waals surface area contributed by atoms with E-state index in [2.05, 4.69) is 5.10 Å². The van der Waals surface area contributed by atoms with Crippen molar-refractivity contribution in [2.24, 2.45) is 0 Å². The van der Waals surface area contributed by atoms with Gasteiger partial charge in [0, 0.05) is 13.0 Å². The van der Waals surface area contributed by atoms with Crippen molar-refractivity contribution < 1.29 is 9.50 Å². The van der Waals surface area contributed by atoms with Crippen LogP contribution in [0.5, 0.6) is 0 Å². The first kappa shape index (κ1) is 15.0. The fraction of sp³-hybridized carbons (Fsp3) is 0.400. The van der Waals surface area contributed by atoms with E-state index in [0.29, 0.717) is 12.1 Å². The first-order valence-corrected chi connectivity index (χ1v) is 7.12. The molecule has 0 radical (unpaired) electrons. The van der Waals surface area contributed by atoms with Crippen molar-refractivity contribution in [1.82, 2.24) is 9.78 Å². The molecule has 0 bridgehead atoms. The van der Waals surface area contributed by atoms with Crippen LogP contribution in [0.25, 0.3) is 0 Å². The van der Waals surface area contributed by atoms with E-state index in [4.69, 9.17) is 11.6 Å². The minimum atomic E-state index is -0.748. The van der Waals surface area contributed by atoms with Crippen LogP contribution in [0.1, 0.15) is 36.9 Å². The van der Waals surface area contributed by atoms with E-state index in [0.717, 1.165) is 17.8 Å². The van der Waals surface area contributed by atoms with Crippen molar-refractivity contribution in [3.05, 3.63) is 52.1 Å². The van der Waals surface area contributed by atoms with Gasteiger partial charge in [-0.2, -0.15) is 5.10 Å². The molecule has 108 valence electrons. The maximum atomic E-state index is 13.4. The van der Waals surface area contributed by atoms with Gasteiger partial charge in [0.1, 0.15) is 5.82 Å². The zero-order valence-corrected chi connectivity index (χ0v) is 12.4. The van der Waals surface area contributed by atoms with E-state index in [1.807, 2.05) is 19.9 Å². The third-order valence-corrected chi connectivity index (χ3v) is 3.73. The van der Waals surface area contributed by atoms with Crippen LogP contribution in [0, 0.1) is 5.82 Å². The molecule has 0 amide bonds. The second-order valence-electron chi connectivity index (χ2n) is 4.66. The number of hydrogen-bond acceptors (Lipinski definition) is 2. The third-order valence-electron chi connectivity index (χ3n) is 3.31. The van der Waals surface area contributed by atoms with Crippen molar-refractivity contribution in [1.29, 1.82) is 0 Å². The summed E-state index contributed by atoms with van der Waals surface area (Å²) < 4.78 is 15.2. The molecule has 1 unspecified atom stereocenters. The monoisotopic (exact) mass is 296 g/mol. The molecule has 1 heterocycles. The Hall–Kier alpha value is -1.39. The van der Waals surface area contributed by atoms with Gasteiger partial charge in [0.2, 0.25) is 0 Å². The molecule has 5 heteroatoms. The summed E-state index contributed by atoms with van der Waals surface area (Å²) in [7, 11) is 0. The lowest BCUT2D eigenvalue weighted by Crippen LogP contribution is -2.10. The van der Waals surface area contributed by atoms with E-state index >= 15 is 0 Å². The molecule has 0 aliphatic rings. The highest BCUT2D eigenvalue weighted by molar-refractivity contribution is 6.31. The van der Waals surface area contributed by atoms with Crippen molar-refractivity contribution in [3.8, 4) is 0 Å². The first-order chi connectivity index (χ1) is 9.56. The number of hydrogen-bond donors (Lipinski definition) is 1. The molecule has 0 saturated heterocycles. The van der Waals surface area contributed by atoms with E-state index < -0.39 is 11.9 Å². The summed E-state index contributed by atoms with van der Waals surface area (Å²) in [6, 6.07) is 6.52. The van der Waals surface area contributed by atoms with Gasteiger partial charge in [0.25, 0.3) is 0 Å². The lowest BCUT2D eigenvalue weighted by Gasteiger charge is -2.13. The van der Waals surface area contributed by atoms with Crippen molar-refractivity contribution in [2.45, 2.75) is 39.3 Å². The van der Waals surface area contributed by atoms with Gasteiger partial charge in [-0.15, -0.1) is 0 Å². The van der Waals surface area contributed by atoms with Crippen LogP contribution in [0.15, 0.2) is 24.3 Å². The molecule has 1 N–H and O–H groups in total. The Bertz CT molecular complexity index is 598. The highest BCUT2D eigenvalue weighted by atomic mass is 35.5. The summed E-state index contributed by atoms with van der Waals surface area (Å²) in [5.74, 6) is -0.463. The number of halogens is 2.